The Morgan fingerprint density at radius 1 is 0.946 bits per heavy atom. The highest BCUT2D eigenvalue weighted by atomic mass is 32.2. The summed E-state index contributed by atoms with van der Waals surface area (Å²) >= 11 is 0. The van der Waals surface area contributed by atoms with Gasteiger partial charge in [-0.25, -0.2) is 12.7 Å². The lowest BCUT2D eigenvalue weighted by Gasteiger charge is -2.30. The number of hydrogen-bond donors (Lipinski definition) is 2. The molecule has 1 aliphatic heterocycles. The minimum Gasteiger partial charge on any atom is -0.345 e. The first-order valence-corrected chi connectivity index (χ1v) is 14.1. The molecule has 0 saturated carbocycles. The summed E-state index contributed by atoms with van der Waals surface area (Å²) in [5.74, 6) is -0.851. The van der Waals surface area contributed by atoms with E-state index in [2.05, 4.69) is 10.6 Å². The van der Waals surface area contributed by atoms with Gasteiger partial charge in [-0.1, -0.05) is 72.3 Å². The van der Waals surface area contributed by atoms with Crippen molar-refractivity contribution >= 4 is 27.5 Å². The highest BCUT2D eigenvalue weighted by Crippen LogP contribution is 2.25. The van der Waals surface area contributed by atoms with Gasteiger partial charge in [0.05, 0.1) is 23.0 Å². The Kier molecular flexibility index (Phi) is 8.41. The molecule has 2 N–H and O–H groups in total. The molecule has 8 heteroatoms. The molecule has 1 atom stereocenters. The number of nitrogens with zero attached hydrogens (tertiary/aromatic N) is 1. The van der Waals surface area contributed by atoms with Crippen LogP contribution < -0.4 is 10.6 Å². The van der Waals surface area contributed by atoms with Crippen molar-refractivity contribution in [2.45, 2.75) is 38.5 Å². The number of nitrogens with one attached hydrogen (secondary N) is 2. The molecule has 2 amide bonds. The number of carbonyl (C=O) groups is 2. The van der Waals surface area contributed by atoms with Crippen LogP contribution in [0.5, 0.6) is 0 Å². The second kappa shape index (κ2) is 11.7. The van der Waals surface area contributed by atoms with Gasteiger partial charge in [-0.2, -0.15) is 0 Å². The standard InChI is InChI=1S/C29H33N3O4S/c1-21-9-8-10-23(19-21)20-37(35,36)32-17-15-25(16-18-32)28(33)31-27-14-7-6-13-26(27)29(34)30-22(2)24-11-4-3-5-12-24/h3-14,19,22,25H,15-18,20H2,1-2H3,(H,30,34)(H,31,33)/t22-/m1/s1. The van der Waals surface area contributed by atoms with E-state index in [1.165, 1.54) is 4.31 Å². The third-order valence-corrected chi connectivity index (χ3v) is 8.58. The molecule has 0 aromatic heterocycles. The van der Waals surface area contributed by atoms with Crippen molar-refractivity contribution < 1.29 is 18.0 Å². The average molecular weight is 520 g/mol. The second-order valence-electron chi connectivity index (χ2n) is 9.56. The van der Waals surface area contributed by atoms with Gasteiger partial charge in [0.15, 0.2) is 0 Å². The first-order valence-electron chi connectivity index (χ1n) is 12.5. The topological polar surface area (TPSA) is 95.6 Å². The normalized spacial score (nSPS) is 15.6. The smallest absolute Gasteiger partial charge is 0.253 e. The highest BCUT2D eigenvalue weighted by molar-refractivity contribution is 7.88. The van der Waals surface area contributed by atoms with E-state index in [1.54, 1.807) is 24.3 Å². The number of carbonyl (C=O) groups excluding carboxylic acids is 2. The Bertz CT molecular complexity index is 1350. The Labute approximate surface area is 218 Å². The van der Waals surface area contributed by atoms with E-state index in [0.717, 1.165) is 16.7 Å². The molecule has 1 aliphatic rings. The molecule has 0 spiro atoms. The summed E-state index contributed by atoms with van der Waals surface area (Å²) in [6, 6.07) is 23.9. The Balaban J connectivity index is 1.35. The lowest BCUT2D eigenvalue weighted by Crippen LogP contribution is -2.42. The number of benzene rings is 3. The van der Waals surface area contributed by atoms with Crippen LogP contribution in [0.1, 0.15) is 52.9 Å². The maximum absolute atomic E-state index is 13.1. The summed E-state index contributed by atoms with van der Waals surface area (Å²) in [6.07, 6.45) is 0.858. The minimum absolute atomic E-state index is 0.0462. The molecule has 1 saturated heterocycles. The maximum atomic E-state index is 13.1. The van der Waals surface area contributed by atoms with Gasteiger partial charge in [-0.05, 0) is 49.9 Å². The number of rotatable bonds is 8. The largest absolute Gasteiger partial charge is 0.345 e. The zero-order chi connectivity index (χ0) is 26.4. The molecular weight excluding hydrogens is 486 g/mol. The Hall–Kier alpha value is -3.49. The summed E-state index contributed by atoms with van der Waals surface area (Å²) in [5.41, 5.74) is 3.60. The van der Waals surface area contributed by atoms with Gasteiger partial charge < -0.3 is 10.6 Å². The minimum atomic E-state index is -3.46. The number of para-hydroxylation sites is 1. The number of amides is 2. The quantitative estimate of drug-likeness (QED) is 0.452. The summed E-state index contributed by atoms with van der Waals surface area (Å²) in [5, 5.41) is 5.89. The van der Waals surface area contributed by atoms with Gasteiger partial charge in [0.2, 0.25) is 15.9 Å². The fraction of sp³-hybridized carbons (Fsp3) is 0.310. The van der Waals surface area contributed by atoms with E-state index < -0.39 is 10.0 Å². The number of aryl methyl sites for hydroxylation is 1. The average Bonchev–Trinajstić information content (AvgIpc) is 2.89. The summed E-state index contributed by atoms with van der Waals surface area (Å²) in [6.45, 7) is 4.44. The molecular formula is C29H33N3O4S. The summed E-state index contributed by atoms with van der Waals surface area (Å²) in [4.78, 5) is 26.1. The van der Waals surface area contributed by atoms with Crippen molar-refractivity contribution in [1.82, 2.24) is 9.62 Å². The zero-order valence-corrected chi connectivity index (χ0v) is 22.0. The molecule has 37 heavy (non-hydrogen) atoms. The van der Waals surface area contributed by atoms with E-state index in [0.29, 0.717) is 37.2 Å². The number of hydrogen-bond acceptors (Lipinski definition) is 4. The van der Waals surface area contributed by atoms with Crippen LogP contribution in [0.4, 0.5) is 5.69 Å². The fourth-order valence-corrected chi connectivity index (χ4v) is 6.17. The van der Waals surface area contributed by atoms with Crippen LogP contribution in [0.3, 0.4) is 0 Å². The highest BCUT2D eigenvalue weighted by Gasteiger charge is 2.31. The maximum Gasteiger partial charge on any atom is 0.253 e. The molecule has 3 aromatic carbocycles. The fourth-order valence-electron chi connectivity index (χ4n) is 4.62. The first-order chi connectivity index (χ1) is 17.7. The van der Waals surface area contributed by atoms with Crippen LogP contribution in [-0.4, -0.2) is 37.6 Å². The monoisotopic (exact) mass is 519 g/mol. The summed E-state index contributed by atoms with van der Waals surface area (Å²) < 4.78 is 27.3. The van der Waals surface area contributed by atoms with Gasteiger partial charge in [0.25, 0.3) is 5.91 Å². The van der Waals surface area contributed by atoms with Crippen LogP contribution in [0.15, 0.2) is 78.9 Å². The van der Waals surface area contributed by atoms with Crippen LogP contribution in [0.25, 0.3) is 0 Å². The zero-order valence-electron chi connectivity index (χ0n) is 21.2. The molecule has 4 rings (SSSR count). The number of anilines is 1. The van der Waals surface area contributed by atoms with Crippen molar-refractivity contribution in [1.29, 1.82) is 0 Å². The van der Waals surface area contributed by atoms with E-state index in [-0.39, 0.29) is 29.5 Å². The lowest BCUT2D eigenvalue weighted by atomic mass is 9.97. The van der Waals surface area contributed by atoms with Gasteiger partial charge in [0, 0.05) is 19.0 Å². The van der Waals surface area contributed by atoms with Crippen LogP contribution in [0.2, 0.25) is 0 Å². The molecule has 7 nitrogen and oxygen atoms in total. The molecule has 194 valence electrons. The molecule has 0 unspecified atom stereocenters. The van der Waals surface area contributed by atoms with Crippen LogP contribution in [0, 0.1) is 12.8 Å². The van der Waals surface area contributed by atoms with Gasteiger partial charge in [-0.3, -0.25) is 9.59 Å². The lowest BCUT2D eigenvalue weighted by molar-refractivity contribution is -0.120. The Morgan fingerprint density at radius 2 is 1.62 bits per heavy atom. The SMILES string of the molecule is Cc1cccc(CS(=O)(=O)N2CCC(C(=O)Nc3ccccc3C(=O)N[C@H](C)c3ccccc3)CC2)c1. The van der Waals surface area contributed by atoms with Crippen molar-refractivity contribution in [2.24, 2.45) is 5.92 Å². The van der Waals surface area contributed by atoms with E-state index in [9.17, 15) is 18.0 Å². The predicted octanol–water partition coefficient (Wildman–Crippen LogP) is 4.67. The van der Waals surface area contributed by atoms with Crippen molar-refractivity contribution in [2.75, 3.05) is 18.4 Å². The molecule has 0 radical (unpaired) electrons. The molecule has 1 heterocycles. The van der Waals surface area contributed by atoms with Crippen molar-refractivity contribution in [3.05, 3.63) is 101 Å². The number of sulfonamides is 1. The van der Waals surface area contributed by atoms with Crippen molar-refractivity contribution in [3.63, 3.8) is 0 Å². The van der Waals surface area contributed by atoms with Gasteiger partial charge >= 0.3 is 0 Å². The third kappa shape index (κ3) is 6.84. The molecule has 3 aromatic rings. The molecule has 0 bridgehead atoms. The van der Waals surface area contributed by atoms with Gasteiger partial charge in [0.1, 0.15) is 0 Å². The van der Waals surface area contributed by atoms with Crippen molar-refractivity contribution in [3.8, 4) is 0 Å². The van der Waals surface area contributed by atoms with Crippen LogP contribution in [-0.2, 0) is 20.6 Å². The van der Waals surface area contributed by atoms with Crippen LogP contribution >= 0.6 is 0 Å². The molecule has 1 fully saturated rings. The second-order valence-corrected chi connectivity index (χ2v) is 11.5. The molecule has 0 aliphatic carbocycles. The predicted molar refractivity (Wildman–Crippen MR) is 145 cm³/mol. The van der Waals surface area contributed by atoms with E-state index >= 15 is 0 Å². The first kappa shape index (κ1) is 26.6. The van der Waals surface area contributed by atoms with E-state index in [1.807, 2.05) is 68.4 Å². The third-order valence-electron chi connectivity index (χ3n) is 6.73. The number of piperidine rings is 1. The Morgan fingerprint density at radius 3 is 2.32 bits per heavy atom. The summed E-state index contributed by atoms with van der Waals surface area (Å²) in [7, 11) is -3.46. The van der Waals surface area contributed by atoms with E-state index in [4.69, 9.17) is 0 Å². The van der Waals surface area contributed by atoms with Gasteiger partial charge in [-0.15, -0.1) is 0 Å².